The highest BCUT2D eigenvalue weighted by molar-refractivity contribution is 5.98. The molecule has 3 N–H and O–H groups in total. The van der Waals surface area contributed by atoms with Gasteiger partial charge in [0, 0.05) is 49.1 Å². The molecule has 1 aromatic heterocycles. The molecule has 1 unspecified atom stereocenters. The Morgan fingerprint density at radius 3 is 2.40 bits per heavy atom. The van der Waals surface area contributed by atoms with E-state index < -0.39 is 41.9 Å². The normalized spacial score (nSPS) is 14.1. The first-order valence-corrected chi connectivity index (χ1v) is 9.22. The number of halogens is 3. The number of carbonyl (C=O) groups excluding carboxylic acids is 2. The molecule has 0 aliphatic heterocycles. The van der Waals surface area contributed by atoms with E-state index in [-0.39, 0.29) is 11.5 Å². The Labute approximate surface area is 172 Å². The van der Waals surface area contributed by atoms with Gasteiger partial charge in [0.25, 0.3) is 5.91 Å². The van der Waals surface area contributed by atoms with Gasteiger partial charge in [-0.25, -0.2) is 4.98 Å². The van der Waals surface area contributed by atoms with Crippen LogP contribution in [0.5, 0.6) is 0 Å². The molecule has 0 spiro atoms. The summed E-state index contributed by atoms with van der Waals surface area (Å²) in [6, 6.07) is 6.04. The molecule has 0 aliphatic carbocycles. The number of aromatic nitrogens is 2. The van der Waals surface area contributed by atoms with Crippen molar-refractivity contribution in [2.45, 2.75) is 39.0 Å². The van der Waals surface area contributed by atoms with Gasteiger partial charge in [-0.2, -0.15) is 13.2 Å². The van der Waals surface area contributed by atoms with Crippen molar-refractivity contribution in [3.8, 4) is 0 Å². The molecule has 10 heteroatoms. The second-order valence-electron chi connectivity index (χ2n) is 8.01. The number of hydrogen-bond acceptors (Lipinski definition) is 4. The van der Waals surface area contributed by atoms with E-state index >= 15 is 0 Å². The molecule has 164 valence electrons. The van der Waals surface area contributed by atoms with Gasteiger partial charge in [0.2, 0.25) is 11.5 Å². The van der Waals surface area contributed by atoms with Crippen LogP contribution >= 0.6 is 0 Å². The van der Waals surface area contributed by atoms with Crippen LogP contribution in [0.2, 0.25) is 0 Å². The van der Waals surface area contributed by atoms with Crippen LogP contribution in [0.4, 0.5) is 18.9 Å². The van der Waals surface area contributed by atoms with Crippen molar-refractivity contribution >= 4 is 17.5 Å². The van der Waals surface area contributed by atoms with Gasteiger partial charge in [0.1, 0.15) is 5.82 Å². The van der Waals surface area contributed by atoms with E-state index in [2.05, 4.69) is 15.6 Å². The maximum Gasteiger partial charge on any atom is 0.424 e. The first-order valence-electron chi connectivity index (χ1n) is 9.22. The average molecular weight is 426 g/mol. The zero-order valence-corrected chi connectivity index (χ0v) is 17.2. The van der Waals surface area contributed by atoms with Gasteiger partial charge >= 0.3 is 6.18 Å². The number of alkyl halides is 3. The minimum atomic E-state index is -4.98. The second kappa shape index (κ2) is 8.47. The molecular weight excluding hydrogens is 401 g/mol. The van der Waals surface area contributed by atoms with Crippen molar-refractivity contribution in [1.82, 2.24) is 14.9 Å². The minimum Gasteiger partial charge on any atom is -0.374 e. The van der Waals surface area contributed by atoms with Gasteiger partial charge in [0.15, 0.2) is 0 Å². The molecule has 30 heavy (non-hydrogen) atoms. The lowest BCUT2D eigenvalue weighted by atomic mass is 9.95. The van der Waals surface area contributed by atoms with Crippen molar-refractivity contribution in [2.75, 3.05) is 11.9 Å². The number of nitrogens with one attached hydrogen (secondary N) is 2. The summed E-state index contributed by atoms with van der Waals surface area (Å²) in [5, 5.41) is 15.3. The van der Waals surface area contributed by atoms with E-state index in [1.807, 2.05) is 0 Å². The molecular formula is C20H25F3N4O3. The summed E-state index contributed by atoms with van der Waals surface area (Å²) in [7, 11) is 1.34. The molecule has 0 aliphatic rings. The summed E-state index contributed by atoms with van der Waals surface area (Å²) in [4.78, 5) is 28.0. The number of amides is 2. The van der Waals surface area contributed by atoms with E-state index in [1.165, 1.54) is 25.4 Å². The Hall–Kier alpha value is -2.88. The number of aliphatic hydroxyl groups is 1. The number of hydrogen-bond donors (Lipinski definition) is 3. The number of carbonyl (C=O) groups is 2. The number of imidazole rings is 1. The third-order valence-corrected chi connectivity index (χ3v) is 4.50. The number of benzene rings is 1. The standard InChI is InChI=1S/C20H25F3N4O3/c1-18(2,3)17(29)26-14-7-5-6-13(12-14)15(28)24-9-8-19(30,20(21,22)23)16-25-10-11-27(16)4/h5-7,10-12,30H,8-9H2,1-4H3,(H,24,28)(H,26,29). The van der Waals surface area contributed by atoms with Crippen LogP contribution in [0.3, 0.4) is 0 Å². The Bertz CT molecular complexity index is 919. The Balaban J connectivity index is 2.07. The lowest BCUT2D eigenvalue weighted by molar-refractivity contribution is -0.272. The maximum absolute atomic E-state index is 13.5. The summed E-state index contributed by atoms with van der Waals surface area (Å²) in [5.41, 5.74) is -3.29. The third-order valence-electron chi connectivity index (χ3n) is 4.50. The average Bonchev–Trinajstić information content (AvgIpc) is 3.06. The molecule has 2 aromatic rings. The Morgan fingerprint density at radius 2 is 1.87 bits per heavy atom. The molecule has 0 bridgehead atoms. The minimum absolute atomic E-state index is 0.161. The number of anilines is 1. The highest BCUT2D eigenvalue weighted by Gasteiger charge is 2.57. The molecule has 0 saturated heterocycles. The van der Waals surface area contributed by atoms with Gasteiger partial charge in [-0.3, -0.25) is 9.59 Å². The molecule has 1 aromatic carbocycles. The van der Waals surface area contributed by atoms with E-state index in [0.29, 0.717) is 5.69 Å². The first-order chi connectivity index (χ1) is 13.8. The molecule has 1 heterocycles. The molecule has 0 saturated carbocycles. The summed E-state index contributed by atoms with van der Waals surface area (Å²) in [5.74, 6) is -1.44. The summed E-state index contributed by atoms with van der Waals surface area (Å²) in [6.45, 7) is 4.77. The van der Waals surface area contributed by atoms with Crippen LogP contribution in [0.25, 0.3) is 0 Å². The van der Waals surface area contributed by atoms with Gasteiger partial charge < -0.3 is 20.3 Å². The van der Waals surface area contributed by atoms with Gasteiger partial charge in [-0.05, 0) is 18.2 Å². The monoisotopic (exact) mass is 426 g/mol. The summed E-state index contributed by atoms with van der Waals surface area (Å²) < 4.78 is 41.6. The molecule has 0 fully saturated rings. The number of rotatable bonds is 6. The molecule has 2 rings (SSSR count). The van der Waals surface area contributed by atoms with Crippen LogP contribution in [0, 0.1) is 5.41 Å². The van der Waals surface area contributed by atoms with Crippen molar-refractivity contribution in [3.05, 3.63) is 48.0 Å². The van der Waals surface area contributed by atoms with Crippen LogP contribution in [0.1, 0.15) is 43.4 Å². The van der Waals surface area contributed by atoms with Crippen molar-refractivity contribution in [1.29, 1.82) is 0 Å². The fourth-order valence-corrected chi connectivity index (χ4v) is 2.66. The fourth-order valence-electron chi connectivity index (χ4n) is 2.66. The van der Waals surface area contributed by atoms with E-state index in [0.717, 1.165) is 10.8 Å². The topological polar surface area (TPSA) is 96.2 Å². The van der Waals surface area contributed by atoms with Crippen molar-refractivity contribution in [2.24, 2.45) is 12.5 Å². The predicted molar refractivity (Wildman–Crippen MR) is 105 cm³/mol. The van der Waals surface area contributed by atoms with Gasteiger partial charge in [-0.1, -0.05) is 26.8 Å². The third kappa shape index (κ3) is 5.18. The van der Waals surface area contributed by atoms with Crippen molar-refractivity contribution < 1.29 is 27.9 Å². The highest BCUT2D eigenvalue weighted by Crippen LogP contribution is 2.40. The van der Waals surface area contributed by atoms with Crippen LogP contribution < -0.4 is 10.6 Å². The quantitative estimate of drug-likeness (QED) is 0.662. The maximum atomic E-state index is 13.5. The van der Waals surface area contributed by atoms with E-state index in [1.54, 1.807) is 32.9 Å². The summed E-state index contributed by atoms with van der Waals surface area (Å²) in [6.07, 6.45) is -3.34. The first kappa shape index (κ1) is 23.4. The smallest absolute Gasteiger partial charge is 0.374 e. The van der Waals surface area contributed by atoms with Crippen LogP contribution in [0.15, 0.2) is 36.7 Å². The zero-order chi connectivity index (χ0) is 22.7. The molecule has 1 atom stereocenters. The number of aryl methyl sites for hydroxylation is 1. The Morgan fingerprint density at radius 1 is 1.20 bits per heavy atom. The second-order valence-corrected chi connectivity index (χ2v) is 8.01. The molecule has 0 radical (unpaired) electrons. The zero-order valence-electron chi connectivity index (χ0n) is 17.2. The highest BCUT2D eigenvalue weighted by atomic mass is 19.4. The fraction of sp³-hybridized carbons (Fsp3) is 0.450. The lowest BCUT2D eigenvalue weighted by Gasteiger charge is -2.30. The number of nitrogens with zero attached hydrogens (tertiary/aromatic N) is 2. The largest absolute Gasteiger partial charge is 0.424 e. The Kier molecular flexibility index (Phi) is 6.60. The van der Waals surface area contributed by atoms with Crippen molar-refractivity contribution in [3.63, 3.8) is 0 Å². The lowest BCUT2D eigenvalue weighted by Crippen LogP contribution is -2.46. The molecule has 7 nitrogen and oxygen atoms in total. The van der Waals surface area contributed by atoms with Gasteiger partial charge in [0.05, 0.1) is 0 Å². The van der Waals surface area contributed by atoms with Crippen LogP contribution in [-0.4, -0.2) is 39.2 Å². The summed E-state index contributed by atoms with van der Waals surface area (Å²) >= 11 is 0. The predicted octanol–water partition coefficient (Wildman–Crippen LogP) is 2.97. The SMILES string of the molecule is Cn1ccnc1C(O)(CCNC(=O)c1cccc(NC(=O)C(C)(C)C)c1)C(F)(F)F. The van der Waals surface area contributed by atoms with Crippen LogP contribution in [-0.2, 0) is 17.4 Å². The van der Waals surface area contributed by atoms with E-state index in [9.17, 15) is 27.9 Å². The molecule has 2 amide bonds. The van der Waals surface area contributed by atoms with E-state index in [4.69, 9.17) is 0 Å². The van der Waals surface area contributed by atoms with Gasteiger partial charge in [-0.15, -0.1) is 0 Å².